The van der Waals surface area contributed by atoms with Crippen LogP contribution in [0.2, 0.25) is 0 Å². The summed E-state index contributed by atoms with van der Waals surface area (Å²) in [6.45, 7) is 0. The number of carboxylic acid groups (broad SMARTS) is 1. The molecule has 2 rings (SSSR count). The van der Waals surface area contributed by atoms with Crippen LogP contribution in [0, 0.1) is 0 Å². The maximum absolute atomic E-state index is 10.5. The fourth-order valence-corrected chi connectivity index (χ4v) is 1.38. The van der Waals surface area contributed by atoms with Crippen LogP contribution in [0.1, 0.15) is 5.82 Å². The van der Waals surface area contributed by atoms with Gasteiger partial charge in [-0.25, -0.2) is 4.98 Å². The van der Waals surface area contributed by atoms with E-state index in [0.717, 1.165) is 11.0 Å². The predicted octanol–water partition coefficient (Wildman–Crippen LogP) is 0.595. The average molecular weight is 191 g/mol. The molecule has 0 aliphatic rings. The monoisotopic (exact) mass is 191 g/mol. The van der Waals surface area contributed by atoms with Gasteiger partial charge >= 0.3 is 5.97 Å². The van der Waals surface area contributed by atoms with Crippen molar-refractivity contribution in [2.24, 2.45) is 7.05 Å². The topological polar surface area (TPSA) is 68.0 Å². The molecule has 0 fully saturated rings. The van der Waals surface area contributed by atoms with E-state index in [1.165, 1.54) is 0 Å². The Hall–Kier alpha value is -1.91. The molecule has 0 aromatic carbocycles. The molecule has 72 valence electrons. The zero-order chi connectivity index (χ0) is 10.1. The molecule has 0 saturated heterocycles. The summed E-state index contributed by atoms with van der Waals surface area (Å²) in [5.41, 5.74) is 1.63. The number of hydrogen-bond donors (Lipinski definition) is 1. The quantitative estimate of drug-likeness (QED) is 0.754. The summed E-state index contributed by atoms with van der Waals surface area (Å²) in [7, 11) is 1.79. The highest BCUT2D eigenvalue weighted by Crippen LogP contribution is 2.12. The number of aliphatic carboxylic acids is 1. The van der Waals surface area contributed by atoms with Crippen LogP contribution < -0.4 is 0 Å². The molecule has 2 heterocycles. The molecule has 0 spiro atoms. The average Bonchev–Trinajstić information content (AvgIpc) is 2.44. The summed E-state index contributed by atoms with van der Waals surface area (Å²) < 4.78 is 1.75. The second kappa shape index (κ2) is 3.10. The van der Waals surface area contributed by atoms with Crippen molar-refractivity contribution in [2.45, 2.75) is 6.42 Å². The summed E-state index contributed by atoms with van der Waals surface area (Å²) in [6, 6.07) is 1.76. The molecular formula is C9H9N3O2. The lowest BCUT2D eigenvalue weighted by Crippen LogP contribution is -2.06. The van der Waals surface area contributed by atoms with Gasteiger partial charge in [0.2, 0.25) is 0 Å². The van der Waals surface area contributed by atoms with E-state index in [1.54, 1.807) is 30.1 Å². The number of nitrogens with zero attached hydrogens (tertiary/aromatic N) is 3. The minimum atomic E-state index is -0.878. The molecule has 5 nitrogen and oxygen atoms in total. The van der Waals surface area contributed by atoms with Crippen LogP contribution in [0.3, 0.4) is 0 Å². The van der Waals surface area contributed by atoms with Gasteiger partial charge in [-0.1, -0.05) is 0 Å². The van der Waals surface area contributed by atoms with Crippen molar-refractivity contribution in [2.75, 3.05) is 0 Å². The number of pyridine rings is 1. The number of carbonyl (C=O) groups is 1. The van der Waals surface area contributed by atoms with Gasteiger partial charge in [0.25, 0.3) is 0 Å². The van der Waals surface area contributed by atoms with Gasteiger partial charge in [-0.2, -0.15) is 0 Å². The van der Waals surface area contributed by atoms with Gasteiger partial charge in [-0.15, -0.1) is 0 Å². The van der Waals surface area contributed by atoms with Gasteiger partial charge in [-0.05, 0) is 6.07 Å². The third-order valence-corrected chi connectivity index (χ3v) is 2.09. The highest BCUT2D eigenvalue weighted by atomic mass is 16.4. The fourth-order valence-electron chi connectivity index (χ4n) is 1.38. The Bertz CT molecular complexity index is 490. The molecule has 0 aliphatic carbocycles. The van der Waals surface area contributed by atoms with Crippen LogP contribution >= 0.6 is 0 Å². The second-order valence-corrected chi connectivity index (χ2v) is 3.02. The number of imidazole rings is 1. The molecule has 0 amide bonds. The Morgan fingerprint density at radius 2 is 2.43 bits per heavy atom. The predicted molar refractivity (Wildman–Crippen MR) is 49.8 cm³/mol. The third kappa shape index (κ3) is 1.32. The van der Waals surface area contributed by atoms with Gasteiger partial charge in [-0.3, -0.25) is 9.78 Å². The zero-order valence-electron chi connectivity index (χ0n) is 7.64. The van der Waals surface area contributed by atoms with Crippen LogP contribution in [0.5, 0.6) is 0 Å². The summed E-state index contributed by atoms with van der Waals surface area (Å²) >= 11 is 0. The molecule has 0 bridgehead atoms. The van der Waals surface area contributed by atoms with Crippen molar-refractivity contribution in [3.8, 4) is 0 Å². The van der Waals surface area contributed by atoms with Crippen molar-refractivity contribution in [3.05, 3.63) is 24.3 Å². The molecule has 0 aliphatic heterocycles. The van der Waals surface area contributed by atoms with Crippen LogP contribution in [0.25, 0.3) is 11.0 Å². The minimum absolute atomic E-state index is 0.0643. The Labute approximate surface area is 80.0 Å². The molecule has 0 unspecified atom stereocenters. The number of aryl methyl sites for hydroxylation is 1. The van der Waals surface area contributed by atoms with Crippen molar-refractivity contribution >= 4 is 17.0 Å². The Kier molecular flexibility index (Phi) is 1.92. The standard InChI is InChI=1S/C9H9N3O2/c1-12-7-5-10-3-2-6(7)11-8(12)4-9(13)14/h2-3,5H,4H2,1H3,(H,13,14). The van der Waals surface area contributed by atoms with Gasteiger partial charge in [0.05, 0.1) is 17.2 Å². The maximum Gasteiger partial charge on any atom is 0.311 e. The molecule has 14 heavy (non-hydrogen) atoms. The first-order valence-electron chi connectivity index (χ1n) is 4.15. The molecular weight excluding hydrogens is 182 g/mol. The summed E-state index contributed by atoms with van der Waals surface area (Å²) in [5.74, 6) is -0.336. The Morgan fingerprint density at radius 3 is 3.07 bits per heavy atom. The lowest BCUT2D eigenvalue weighted by atomic mass is 10.4. The van der Waals surface area contributed by atoms with Gasteiger partial charge < -0.3 is 9.67 Å². The van der Waals surface area contributed by atoms with E-state index in [0.29, 0.717) is 5.82 Å². The molecule has 0 atom stereocenters. The van der Waals surface area contributed by atoms with Gasteiger partial charge in [0.15, 0.2) is 0 Å². The van der Waals surface area contributed by atoms with Crippen LogP contribution in [-0.2, 0) is 18.3 Å². The van der Waals surface area contributed by atoms with Crippen LogP contribution in [0.4, 0.5) is 0 Å². The first kappa shape index (κ1) is 8.68. The summed E-state index contributed by atoms with van der Waals surface area (Å²) in [5, 5.41) is 8.65. The molecule has 1 N–H and O–H groups in total. The molecule has 5 heteroatoms. The normalized spacial score (nSPS) is 10.6. The highest BCUT2D eigenvalue weighted by molar-refractivity contribution is 5.76. The lowest BCUT2D eigenvalue weighted by Gasteiger charge is -1.97. The first-order valence-corrected chi connectivity index (χ1v) is 4.15. The van der Waals surface area contributed by atoms with Crippen molar-refractivity contribution in [1.82, 2.24) is 14.5 Å². The highest BCUT2D eigenvalue weighted by Gasteiger charge is 2.10. The van der Waals surface area contributed by atoms with Gasteiger partial charge in [0, 0.05) is 13.2 Å². The summed E-state index contributed by atoms with van der Waals surface area (Å²) in [4.78, 5) is 18.7. The maximum atomic E-state index is 10.5. The Morgan fingerprint density at radius 1 is 1.64 bits per heavy atom. The smallest absolute Gasteiger partial charge is 0.311 e. The Balaban J connectivity index is 2.57. The van der Waals surface area contributed by atoms with Crippen LogP contribution in [0.15, 0.2) is 18.5 Å². The molecule has 0 radical (unpaired) electrons. The molecule has 2 aromatic rings. The van der Waals surface area contributed by atoms with E-state index in [-0.39, 0.29) is 6.42 Å². The van der Waals surface area contributed by atoms with Crippen molar-refractivity contribution < 1.29 is 9.90 Å². The zero-order valence-corrected chi connectivity index (χ0v) is 7.64. The number of aromatic nitrogens is 3. The van der Waals surface area contributed by atoms with E-state index in [1.807, 2.05) is 0 Å². The van der Waals surface area contributed by atoms with Gasteiger partial charge in [0.1, 0.15) is 12.2 Å². The lowest BCUT2D eigenvalue weighted by molar-refractivity contribution is -0.136. The fraction of sp³-hybridized carbons (Fsp3) is 0.222. The first-order chi connectivity index (χ1) is 6.68. The SMILES string of the molecule is Cn1c(CC(=O)O)nc2ccncc21. The van der Waals surface area contributed by atoms with Crippen LogP contribution in [-0.4, -0.2) is 25.6 Å². The van der Waals surface area contributed by atoms with E-state index in [9.17, 15) is 4.79 Å². The molecule has 0 saturated carbocycles. The third-order valence-electron chi connectivity index (χ3n) is 2.09. The van der Waals surface area contributed by atoms with E-state index in [2.05, 4.69) is 9.97 Å². The van der Waals surface area contributed by atoms with Crippen molar-refractivity contribution in [3.63, 3.8) is 0 Å². The van der Waals surface area contributed by atoms with Crippen molar-refractivity contribution in [1.29, 1.82) is 0 Å². The number of hydrogen-bond acceptors (Lipinski definition) is 3. The number of carboxylic acids is 1. The largest absolute Gasteiger partial charge is 0.481 e. The van der Waals surface area contributed by atoms with E-state index >= 15 is 0 Å². The second-order valence-electron chi connectivity index (χ2n) is 3.02. The summed E-state index contributed by atoms with van der Waals surface area (Å²) in [6.07, 6.45) is 3.25. The number of fused-ring (bicyclic) bond motifs is 1. The number of rotatable bonds is 2. The minimum Gasteiger partial charge on any atom is -0.481 e. The van der Waals surface area contributed by atoms with E-state index < -0.39 is 5.97 Å². The van der Waals surface area contributed by atoms with E-state index in [4.69, 9.17) is 5.11 Å². The molecule has 2 aromatic heterocycles.